The Bertz CT molecular complexity index is 1070. The van der Waals surface area contributed by atoms with Crippen molar-refractivity contribution in [3.05, 3.63) is 51.9 Å². The fourth-order valence-electron chi connectivity index (χ4n) is 3.03. The number of benzene rings is 1. The normalized spacial score (nSPS) is 11.2. The molecule has 0 spiro atoms. The maximum absolute atomic E-state index is 13.0. The van der Waals surface area contributed by atoms with E-state index in [1.165, 1.54) is 11.8 Å². The Labute approximate surface area is 180 Å². The summed E-state index contributed by atoms with van der Waals surface area (Å²) in [5, 5.41) is 3.49. The van der Waals surface area contributed by atoms with E-state index in [1.54, 1.807) is 11.7 Å². The lowest BCUT2D eigenvalue weighted by Crippen LogP contribution is -2.27. The Kier molecular flexibility index (Phi) is 7.20. The second kappa shape index (κ2) is 9.84. The number of aryl methyl sites for hydroxylation is 1. The van der Waals surface area contributed by atoms with Crippen LogP contribution in [0.2, 0.25) is 0 Å². The number of aromatic nitrogens is 3. The summed E-state index contributed by atoms with van der Waals surface area (Å²) in [5.41, 5.74) is 2.95. The van der Waals surface area contributed by atoms with Gasteiger partial charge >= 0.3 is 0 Å². The molecule has 3 rings (SSSR count). The van der Waals surface area contributed by atoms with Gasteiger partial charge in [-0.15, -0.1) is 0 Å². The molecule has 30 heavy (non-hydrogen) atoms. The summed E-state index contributed by atoms with van der Waals surface area (Å²) in [6.45, 7) is 7.16. The van der Waals surface area contributed by atoms with Crippen molar-refractivity contribution in [2.45, 2.75) is 45.4 Å². The minimum Gasteiger partial charge on any atom is -0.497 e. The van der Waals surface area contributed by atoms with Crippen molar-refractivity contribution in [1.29, 1.82) is 0 Å². The number of methoxy groups -OCH3 is 1. The fraction of sp³-hybridized carbons (Fsp3) is 0.409. The third kappa shape index (κ3) is 5.44. The molecule has 0 aliphatic carbocycles. The van der Waals surface area contributed by atoms with E-state index in [-0.39, 0.29) is 17.2 Å². The second-order valence-electron chi connectivity index (χ2n) is 7.66. The van der Waals surface area contributed by atoms with Crippen LogP contribution in [0.25, 0.3) is 11.0 Å². The second-order valence-corrected chi connectivity index (χ2v) is 8.60. The number of amides is 1. The van der Waals surface area contributed by atoms with E-state index >= 15 is 0 Å². The van der Waals surface area contributed by atoms with Gasteiger partial charge in [0, 0.05) is 18.8 Å². The van der Waals surface area contributed by atoms with Gasteiger partial charge in [-0.25, -0.2) is 4.98 Å². The van der Waals surface area contributed by atoms with E-state index in [9.17, 15) is 9.59 Å². The van der Waals surface area contributed by atoms with Crippen LogP contribution < -0.4 is 15.6 Å². The first-order chi connectivity index (χ1) is 14.4. The SMILES string of the molecule is COc1ccc(CNC(=O)CSc2nc3cc(C)[nH]c3c(=O)n2CCC(C)C)cc1. The number of nitrogens with one attached hydrogen (secondary N) is 2. The highest BCUT2D eigenvalue weighted by Gasteiger charge is 2.15. The lowest BCUT2D eigenvalue weighted by molar-refractivity contribution is -0.118. The Morgan fingerprint density at radius 3 is 2.70 bits per heavy atom. The zero-order valence-corrected chi connectivity index (χ0v) is 18.6. The van der Waals surface area contributed by atoms with Gasteiger partial charge in [0.15, 0.2) is 5.16 Å². The third-order valence-corrected chi connectivity index (χ3v) is 5.73. The number of hydrogen-bond donors (Lipinski definition) is 2. The highest BCUT2D eigenvalue weighted by molar-refractivity contribution is 7.99. The van der Waals surface area contributed by atoms with Crippen molar-refractivity contribution in [3.63, 3.8) is 0 Å². The van der Waals surface area contributed by atoms with E-state index in [0.717, 1.165) is 23.4 Å². The van der Waals surface area contributed by atoms with Crippen LogP contribution >= 0.6 is 11.8 Å². The Morgan fingerprint density at radius 2 is 2.03 bits per heavy atom. The zero-order valence-electron chi connectivity index (χ0n) is 17.8. The number of carbonyl (C=O) groups is 1. The van der Waals surface area contributed by atoms with Gasteiger partial charge < -0.3 is 15.0 Å². The first-order valence-corrected chi connectivity index (χ1v) is 11.0. The molecular formula is C22H28N4O3S. The Hall–Kier alpha value is -2.74. The Morgan fingerprint density at radius 1 is 1.30 bits per heavy atom. The molecule has 0 saturated carbocycles. The number of H-pyrrole nitrogens is 1. The standard InChI is InChI=1S/C22H28N4O3S/c1-14(2)9-10-26-21(28)20-18(11-15(3)24-20)25-22(26)30-13-19(27)23-12-16-5-7-17(29-4)8-6-16/h5-8,11,14,24H,9-10,12-13H2,1-4H3,(H,23,27). The number of aromatic amines is 1. The van der Waals surface area contributed by atoms with Crippen LogP contribution in [0.5, 0.6) is 5.75 Å². The number of fused-ring (bicyclic) bond motifs is 1. The molecule has 160 valence electrons. The molecular weight excluding hydrogens is 400 g/mol. The maximum Gasteiger partial charge on any atom is 0.278 e. The van der Waals surface area contributed by atoms with Crippen molar-refractivity contribution in [2.24, 2.45) is 5.92 Å². The lowest BCUT2D eigenvalue weighted by atomic mass is 10.1. The van der Waals surface area contributed by atoms with Gasteiger partial charge in [-0.3, -0.25) is 14.2 Å². The van der Waals surface area contributed by atoms with Crippen molar-refractivity contribution in [3.8, 4) is 5.75 Å². The van der Waals surface area contributed by atoms with Gasteiger partial charge in [0.1, 0.15) is 11.3 Å². The van der Waals surface area contributed by atoms with Gasteiger partial charge in [-0.05, 0) is 43.0 Å². The smallest absolute Gasteiger partial charge is 0.278 e. The summed E-state index contributed by atoms with van der Waals surface area (Å²) < 4.78 is 6.82. The molecule has 2 heterocycles. The first-order valence-electron chi connectivity index (χ1n) is 10.00. The molecule has 7 nitrogen and oxygen atoms in total. The number of ether oxygens (including phenoxy) is 1. The summed E-state index contributed by atoms with van der Waals surface area (Å²) in [7, 11) is 1.62. The number of nitrogens with zero attached hydrogens (tertiary/aromatic N) is 2. The maximum atomic E-state index is 13.0. The zero-order chi connectivity index (χ0) is 21.7. The fourth-order valence-corrected chi connectivity index (χ4v) is 3.89. The quantitative estimate of drug-likeness (QED) is 0.402. The molecule has 0 aliphatic rings. The molecule has 1 amide bonds. The van der Waals surface area contributed by atoms with E-state index in [4.69, 9.17) is 4.74 Å². The molecule has 3 aromatic rings. The summed E-state index contributed by atoms with van der Waals surface area (Å²) in [6.07, 6.45) is 0.865. The monoisotopic (exact) mass is 428 g/mol. The molecule has 2 N–H and O–H groups in total. The Balaban J connectivity index is 1.69. The highest BCUT2D eigenvalue weighted by Crippen LogP contribution is 2.19. The van der Waals surface area contributed by atoms with Gasteiger partial charge in [0.25, 0.3) is 5.56 Å². The van der Waals surface area contributed by atoms with Crippen LogP contribution in [-0.4, -0.2) is 33.3 Å². The topological polar surface area (TPSA) is 89.0 Å². The van der Waals surface area contributed by atoms with Gasteiger partial charge in [0.05, 0.1) is 18.4 Å². The molecule has 0 radical (unpaired) electrons. The number of thioether (sulfide) groups is 1. The first kappa shape index (κ1) is 22.0. The van der Waals surface area contributed by atoms with Crippen molar-refractivity contribution < 1.29 is 9.53 Å². The highest BCUT2D eigenvalue weighted by atomic mass is 32.2. The van der Waals surface area contributed by atoms with E-state index in [0.29, 0.717) is 35.2 Å². The molecule has 0 saturated heterocycles. The summed E-state index contributed by atoms with van der Waals surface area (Å²) in [6, 6.07) is 9.42. The summed E-state index contributed by atoms with van der Waals surface area (Å²) in [4.78, 5) is 33.1. The number of carbonyl (C=O) groups excluding carboxylic acids is 1. The summed E-state index contributed by atoms with van der Waals surface area (Å²) >= 11 is 1.29. The largest absolute Gasteiger partial charge is 0.497 e. The van der Waals surface area contributed by atoms with Crippen LogP contribution in [0.3, 0.4) is 0 Å². The van der Waals surface area contributed by atoms with Gasteiger partial charge in [0.2, 0.25) is 5.91 Å². The predicted octanol–water partition coefficient (Wildman–Crippen LogP) is 3.50. The third-order valence-electron chi connectivity index (χ3n) is 4.75. The molecule has 1 aromatic carbocycles. The van der Waals surface area contributed by atoms with Crippen LogP contribution in [0, 0.1) is 12.8 Å². The molecule has 8 heteroatoms. The van der Waals surface area contributed by atoms with E-state index in [1.807, 2.05) is 37.3 Å². The van der Waals surface area contributed by atoms with Gasteiger partial charge in [-0.2, -0.15) is 0 Å². The molecule has 0 aliphatic heterocycles. The van der Waals surface area contributed by atoms with Gasteiger partial charge in [-0.1, -0.05) is 37.7 Å². The molecule has 2 aromatic heterocycles. The van der Waals surface area contributed by atoms with Crippen molar-refractivity contribution in [1.82, 2.24) is 19.9 Å². The molecule has 0 atom stereocenters. The molecule has 0 unspecified atom stereocenters. The average molecular weight is 429 g/mol. The molecule has 0 fully saturated rings. The van der Waals surface area contributed by atoms with Crippen LogP contribution in [0.4, 0.5) is 0 Å². The molecule has 0 bridgehead atoms. The van der Waals surface area contributed by atoms with E-state index < -0.39 is 0 Å². The van der Waals surface area contributed by atoms with Crippen molar-refractivity contribution >= 4 is 28.7 Å². The summed E-state index contributed by atoms with van der Waals surface area (Å²) in [5.74, 6) is 1.33. The minimum atomic E-state index is -0.106. The predicted molar refractivity (Wildman–Crippen MR) is 120 cm³/mol. The van der Waals surface area contributed by atoms with Crippen LogP contribution in [0.15, 0.2) is 40.3 Å². The van der Waals surface area contributed by atoms with E-state index in [2.05, 4.69) is 29.1 Å². The lowest BCUT2D eigenvalue weighted by Gasteiger charge is -2.13. The average Bonchev–Trinajstić information content (AvgIpc) is 3.11. The van der Waals surface area contributed by atoms with Crippen LogP contribution in [0.1, 0.15) is 31.5 Å². The number of rotatable bonds is 9. The minimum absolute atomic E-state index is 0.0881. The number of hydrogen-bond acceptors (Lipinski definition) is 5. The van der Waals surface area contributed by atoms with Crippen LogP contribution in [-0.2, 0) is 17.9 Å². The van der Waals surface area contributed by atoms with Crippen molar-refractivity contribution in [2.75, 3.05) is 12.9 Å².